The summed E-state index contributed by atoms with van der Waals surface area (Å²) in [5, 5.41) is 26.2. The van der Waals surface area contributed by atoms with Gasteiger partial charge in [0.05, 0.1) is 11.4 Å². The molecule has 222 valence electrons. The molecule has 3 rings (SSSR count). The summed E-state index contributed by atoms with van der Waals surface area (Å²) in [6, 6.07) is 20.2. The van der Waals surface area contributed by atoms with E-state index in [0.717, 1.165) is 23.8 Å². The monoisotopic (exact) mass is 574 g/mol. The molecule has 0 saturated heterocycles. The molecule has 42 heavy (non-hydrogen) atoms. The molecule has 0 heterocycles. The topological polar surface area (TPSA) is 236 Å². The van der Waals surface area contributed by atoms with Gasteiger partial charge in [-0.15, -0.1) is 10.2 Å². The number of benzene rings is 3. The van der Waals surface area contributed by atoms with Crippen molar-refractivity contribution >= 4 is 58.9 Å². The molecular weight excluding hydrogens is 536 g/mol. The number of carbonyl (C=O) groups excluding carboxylic acids is 2. The number of nitrogens with one attached hydrogen (secondary N) is 4. The van der Waals surface area contributed by atoms with Crippen LogP contribution in [0.25, 0.3) is 0 Å². The van der Waals surface area contributed by atoms with E-state index in [-0.39, 0.29) is 0 Å². The van der Waals surface area contributed by atoms with Crippen molar-refractivity contribution < 1.29 is 9.59 Å². The molecule has 0 saturated carbocycles. The highest BCUT2D eigenvalue weighted by Gasteiger charge is 2.07. The summed E-state index contributed by atoms with van der Waals surface area (Å²) in [4.78, 5) is 24.7. The zero-order chi connectivity index (χ0) is 31.3. The van der Waals surface area contributed by atoms with E-state index < -0.39 is 12.1 Å². The average Bonchev–Trinajstić information content (AvgIpc) is 3.02. The number of carbonyl (C=O) groups is 2. The summed E-state index contributed by atoms with van der Waals surface area (Å²) in [6.45, 7) is 3.61. The second-order valence-electron chi connectivity index (χ2n) is 7.79. The van der Waals surface area contributed by atoms with E-state index in [1.165, 1.54) is 14.1 Å². The number of urea groups is 2. The fourth-order valence-corrected chi connectivity index (χ4v) is 3.17. The number of hydrogen-bond acceptors (Lipinski definition) is 8. The summed E-state index contributed by atoms with van der Waals surface area (Å²) in [7, 11) is 3.00. The van der Waals surface area contributed by atoms with E-state index in [9.17, 15) is 9.59 Å². The zero-order valence-electron chi connectivity index (χ0n) is 24.0. The van der Waals surface area contributed by atoms with Gasteiger partial charge in [0.15, 0.2) is 0 Å². The summed E-state index contributed by atoms with van der Waals surface area (Å²) in [6.07, 6.45) is 2.22. The molecule has 14 nitrogen and oxygen atoms in total. The molecule has 12 N–H and O–H groups in total. The van der Waals surface area contributed by atoms with Crippen molar-refractivity contribution in [2.24, 2.45) is 43.3 Å². The second-order valence-corrected chi connectivity index (χ2v) is 7.79. The lowest BCUT2D eigenvalue weighted by Crippen LogP contribution is -2.20. The van der Waals surface area contributed by atoms with Gasteiger partial charge in [-0.1, -0.05) is 24.3 Å². The third-order valence-electron chi connectivity index (χ3n) is 5.07. The number of nitrogens with zero attached hydrogens (tertiary/aromatic N) is 4. The zero-order valence-corrected chi connectivity index (χ0v) is 24.0. The maximum atomic E-state index is 12.3. The Labute approximate surface area is 245 Å². The minimum absolute atomic E-state index is 0.409. The van der Waals surface area contributed by atoms with Crippen LogP contribution in [0.15, 0.2) is 93.2 Å². The first-order chi connectivity index (χ1) is 20.4. The molecule has 0 aromatic heterocycles. The highest BCUT2D eigenvalue weighted by molar-refractivity contribution is 6.03. The Kier molecular flexibility index (Phi) is 15.9. The lowest BCUT2D eigenvalue weighted by molar-refractivity contribution is 0.261. The first-order valence-electron chi connectivity index (χ1n) is 12.6. The Balaban J connectivity index is 0.00000211. The molecule has 14 heteroatoms. The van der Waals surface area contributed by atoms with E-state index in [0.29, 0.717) is 34.2 Å². The fourth-order valence-electron chi connectivity index (χ4n) is 3.17. The third-order valence-corrected chi connectivity index (χ3v) is 5.07. The van der Waals surface area contributed by atoms with Gasteiger partial charge in [-0.25, -0.2) is 9.59 Å². The molecule has 3 aromatic rings. The standard InChI is InChI=1S/C26H28N10O2.2CH5N/c1-17(35-29-15-27)19-3-7-21(8-4-19)31-25(37)33-23-11-13-24(14-12-23)34-26(38)32-22-9-5-20(6-10-22)18(2)36-30-16-28;2*1-2/h3-16H,1-2H3,(H2,27,29)(H2,28,30)(H2,31,33,37)(H2,32,34,38);2*2H2,1H3/b35-17+,36-18+;;. The van der Waals surface area contributed by atoms with Gasteiger partial charge in [0.25, 0.3) is 0 Å². The Morgan fingerprint density at radius 3 is 1.00 bits per heavy atom. The smallest absolute Gasteiger partial charge is 0.323 e. The van der Waals surface area contributed by atoms with Crippen LogP contribution in [0.4, 0.5) is 32.3 Å². The maximum absolute atomic E-state index is 12.3. The molecule has 3 aromatic carbocycles. The molecule has 0 fully saturated rings. The normalized spacial score (nSPS) is 11.1. The lowest BCUT2D eigenvalue weighted by Gasteiger charge is -2.10. The summed E-state index contributed by atoms with van der Waals surface area (Å²) < 4.78 is 0. The van der Waals surface area contributed by atoms with Crippen molar-refractivity contribution in [1.82, 2.24) is 0 Å². The van der Waals surface area contributed by atoms with E-state index in [4.69, 9.17) is 11.5 Å². The first-order valence-corrected chi connectivity index (χ1v) is 12.6. The van der Waals surface area contributed by atoms with Gasteiger partial charge in [0.2, 0.25) is 0 Å². The molecule has 4 amide bonds. The highest BCUT2D eigenvalue weighted by atomic mass is 16.2. The van der Waals surface area contributed by atoms with Gasteiger partial charge in [0, 0.05) is 22.7 Å². The van der Waals surface area contributed by atoms with Gasteiger partial charge in [-0.2, -0.15) is 10.2 Å². The number of rotatable bonds is 8. The fraction of sp³-hybridized carbons (Fsp3) is 0.143. The minimum atomic E-state index is -0.409. The molecule has 0 aliphatic rings. The SMILES string of the molecule is C/C(=N\N=C\N)c1ccc(NC(=O)Nc2ccc(NC(=O)Nc3ccc(/C(C)=N/N=C/N)cc3)cc2)cc1.CN.CN. The minimum Gasteiger partial charge on any atom is -0.388 e. The van der Waals surface area contributed by atoms with Crippen molar-refractivity contribution in [2.45, 2.75) is 13.8 Å². The predicted octanol–water partition coefficient (Wildman–Crippen LogP) is 3.55. The van der Waals surface area contributed by atoms with Crippen LogP contribution in [0.1, 0.15) is 25.0 Å². The molecule has 0 aliphatic carbocycles. The number of nitrogens with two attached hydrogens (primary N) is 4. The molecular formula is C28H38N12O2. The number of amides is 4. The summed E-state index contributed by atoms with van der Waals surface area (Å²) in [5.41, 5.74) is 24.8. The van der Waals surface area contributed by atoms with Gasteiger partial charge >= 0.3 is 12.1 Å². The molecule has 0 atom stereocenters. The Hall–Kier alpha value is -5.60. The lowest BCUT2D eigenvalue weighted by atomic mass is 10.1. The van der Waals surface area contributed by atoms with Crippen LogP contribution in [0.3, 0.4) is 0 Å². The van der Waals surface area contributed by atoms with Crippen LogP contribution >= 0.6 is 0 Å². The highest BCUT2D eigenvalue weighted by Crippen LogP contribution is 2.16. The van der Waals surface area contributed by atoms with Crippen LogP contribution in [0.5, 0.6) is 0 Å². The molecule has 0 spiro atoms. The van der Waals surface area contributed by atoms with Gasteiger partial charge < -0.3 is 44.2 Å². The second kappa shape index (κ2) is 19.5. The molecule has 0 aliphatic heterocycles. The van der Waals surface area contributed by atoms with Crippen LogP contribution in [0, 0.1) is 0 Å². The van der Waals surface area contributed by atoms with E-state index >= 15 is 0 Å². The maximum Gasteiger partial charge on any atom is 0.323 e. The van der Waals surface area contributed by atoms with Crippen molar-refractivity contribution in [1.29, 1.82) is 0 Å². The largest absolute Gasteiger partial charge is 0.388 e. The summed E-state index contributed by atoms with van der Waals surface area (Å²) >= 11 is 0. The molecule has 0 bridgehead atoms. The number of hydrogen-bond donors (Lipinski definition) is 8. The Morgan fingerprint density at radius 2 is 0.762 bits per heavy atom. The molecule has 0 unspecified atom stereocenters. The van der Waals surface area contributed by atoms with Crippen molar-refractivity contribution in [3.05, 3.63) is 83.9 Å². The van der Waals surface area contributed by atoms with E-state index in [2.05, 4.69) is 53.1 Å². The van der Waals surface area contributed by atoms with Crippen LogP contribution < -0.4 is 44.2 Å². The van der Waals surface area contributed by atoms with E-state index in [1.807, 2.05) is 24.3 Å². The Bertz CT molecular complexity index is 1260. The third kappa shape index (κ3) is 12.1. The average molecular weight is 575 g/mol. The van der Waals surface area contributed by atoms with Crippen molar-refractivity contribution in [2.75, 3.05) is 35.4 Å². The predicted molar refractivity (Wildman–Crippen MR) is 175 cm³/mol. The van der Waals surface area contributed by atoms with E-state index in [1.54, 1.807) is 62.4 Å². The van der Waals surface area contributed by atoms with Crippen LogP contribution in [0.2, 0.25) is 0 Å². The first kappa shape index (κ1) is 34.4. The van der Waals surface area contributed by atoms with Crippen molar-refractivity contribution in [3.8, 4) is 0 Å². The quantitative estimate of drug-likeness (QED) is 0.114. The van der Waals surface area contributed by atoms with Crippen molar-refractivity contribution in [3.63, 3.8) is 0 Å². The Morgan fingerprint density at radius 1 is 0.524 bits per heavy atom. The summed E-state index contributed by atoms with van der Waals surface area (Å²) in [5.74, 6) is 0. The van der Waals surface area contributed by atoms with Gasteiger partial charge in [-0.05, 0) is 87.6 Å². The van der Waals surface area contributed by atoms with Crippen LogP contribution in [-0.2, 0) is 0 Å². The van der Waals surface area contributed by atoms with Crippen LogP contribution in [-0.4, -0.2) is 50.3 Å². The van der Waals surface area contributed by atoms with Gasteiger partial charge in [0.1, 0.15) is 12.7 Å². The van der Waals surface area contributed by atoms with Gasteiger partial charge in [-0.3, -0.25) is 0 Å². The molecule has 0 radical (unpaired) electrons. The number of anilines is 4.